The quantitative estimate of drug-likeness (QED) is 0.354. The van der Waals surface area contributed by atoms with Crippen molar-refractivity contribution in [2.24, 2.45) is 0 Å². The normalized spacial score (nSPS) is 16.7. The highest BCUT2D eigenvalue weighted by Gasteiger charge is 2.43. The Hall–Kier alpha value is -2.70. The minimum atomic E-state index is -1.68. The lowest BCUT2D eigenvalue weighted by Gasteiger charge is -2.42. The number of aliphatic hydroxyl groups is 1. The molecule has 4 aromatic rings. The van der Waals surface area contributed by atoms with E-state index in [1.165, 1.54) is 23.4 Å². The standard InChI is InChI=1S/C24H23F2IN6O/c1-16(24(34,13-33-15-28-14-29-33)20-6-5-18(25)10-21(20)26)31-7-8-32-11-22(30-23(32)12-31)17-3-2-4-19(27)9-17/h2-6,9-11,14-16,34H,7-8,12-13H2,1H3/t16-,24?/m1/s1. The first-order valence-electron chi connectivity index (χ1n) is 10.9. The van der Waals surface area contributed by atoms with Crippen LogP contribution in [-0.2, 0) is 25.2 Å². The maximum atomic E-state index is 14.9. The van der Waals surface area contributed by atoms with Gasteiger partial charge in [-0.1, -0.05) is 18.2 Å². The smallest absolute Gasteiger partial charge is 0.137 e. The van der Waals surface area contributed by atoms with Crippen molar-refractivity contribution in [1.29, 1.82) is 0 Å². The molecule has 1 N–H and O–H groups in total. The lowest BCUT2D eigenvalue weighted by Crippen LogP contribution is -2.53. The van der Waals surface area contributed by atoms with Gasteiger partial charge in [-0.2, -0.15) is 5.10 Å². The summed E-state index contributed by atoms with van der Waals surface area (Å²) < 4.78 is 33.2. The molecule has 2 atom stereocenters. The molecule has 0 amide bonds. The number of rotatable bonds is 6. The number of benzene rings is 2. The number of imidazole rings is 1. The molecule has 0 bridgehead atoms. The monoisotopic (exact) mass is 576 g/mol. The molecule has 5 rings (SSSR count). The van der Waals surface area contributed by atoms with Crippen molar-refractivity contribution in [3.63, 3.8) is 0 Å². The number of fused-ring (bicyclic) bond motifs is 1. The predicted octanol–water partition coefficient (Wildman–Crippen LogP) is 3.82. The van der Waals surface area contributed by atoms with Crippen LogP contribution in [0.3, 0.4) is 0 Å². The van der Waals surface area contributed by atoms with Crippen molar-refractivity contribution in [2.75, 3.05) is 6.54 Å². The minimum absolute atomic E-state index is 0.0189. The maximum absolute atomic E-state index is 14.9. The molecule has 1 aliphatic rings. The average molecular weight is 576 g/mol. The van der Waals surface area contributed by atoms with E-state index in [2.05, 4.69) is 48.2 Å². The highest BCUT2D eigenvalue weighted by atomic mass is 127. The third kappa shape index (κ3) is 4.37. The van der Waals surface area contributed by atoms with Gasteiger partial charge in [-0.3, -0.25) is 4.90 Å². The third-order valence-electron chi connectivity index (χ3n) is 6.46. The Bertz CT molecular complexity index is 1310. The molecule has 0 saturated carbocycles. The van der Waals surface area contributed by atoms with Crippen LogP contribution in [0.4, 0.5) is 8.78 Å². The minimum Gasteiger partial charge on any atom is -0.381 e. The molecule has 0 aliphatic carbocycles. The first kappa shape index (κ1) is 23.1. The Morgan fingerprint density at radius 1 is 1.18 bits per heavy atom. The van der Waals surface area contributed by atoms with E-state index in [0.29, 0.717) is 19.6 Å². The van der Waals surface area contributed by atoms with E-state index in [1.807, 2.05) is 31.3 Å². The summed E-state index contributed by atoms with van der Waals surface area (Å²) in [5, 5.41) is 16.0. The van der Waals surface area contributed by atoms with Crippen molar-refractivity contribution >= 4 is 22.6 Å². The predicted molar refractivity (Wildman–Crippen MR) is 131 cm³/mol. The molecule has 2 aromatic heterocycles. The van der Waals surface area contributed by atoms with Crippen LogP contribution in [-0.4, -0.2) is 46.9 Å². The molecule has 10 heteroatoms. The Kier molecular flexibility index (Phi) is 6.21. The van der Waals surface area contributed by atoms with E-state index >= 15 is 0 Å². The lowest BCUT2D eigenvalue weighted by atomic mass is 9.85. The fourth-order valence-corrected chi connectivity index (χ4v) is 5.08. The van der Waals surface area contributed by atoms with Crippen LogP contribution in [0.25, 0.3) is 11.3 Å². The molecule has 34 heavy (non-hydrogen) atoms. The molecule has 0 fully saturated rings. The fourth-order valence-electron chi connectivity index (χ4n) is 4.53. The van der Waals surface area contributed by atoms with Gasteiger partial charge in [0.2, 0.25) is 0 Å². The van der Waals surface area contributed by atoms with Crippen LogP contribution in [0.15, 0.2) is 61.3 Å². The second kappa shape index (κ2) is 9.16. The summed E-state index contributed by atoms with van der Waals surface area (Å²) in [7, 11) is 0. The van der Waals surface area contributed by atoms with Crippen LogP contribution in [0.5, 0.6) is 0 Å². The van der Waals surface area contributed by atoms with Crippen LogP contribution < -0.4 is 0 Å². The van der Waals surface area contributed by atoms with Crippen molar-refractivity contribution in [3.8, 4) is 11.3 Å². The SMILES string of the molecule is C[C@@H](N1CCn2cc(-c3cccc(I)c3)nc2C1)C(O)(Cn1cncn1)c1ccc(F)cc1F. The Morgan fingerprint density at radius 2 is 2.03 bits per heavy atom. The molecular formula is C24H23F2IN6O. The molecule has 0 radical (unpaired) electrons. The van der Waals surface area contributed by atoms with Crippen molar-refractivity contribution in [1.82, 2.24) is 29.2 Å². The summed E-state index contributed by atoms with van der Waals surface area (Å²) in [5.41, 5.74) is 0.277. The van der Waals surface area contributed by atoms with Crippen molar-refractivity contribution in [2.45, 2.75) is 38.2 Å². The van der Waals surface area contributed by atoms with Gasteiger partial charge in [-0.15, -0.1) is 0 Å². The van der Waals surface area contributed by atoms with Gasteiger partial charge in [0, 0.05) is 46.1 Å². The van der Waals surface area contributed by atoms with E-state index in [-0.39, 0.29) is 12.1 Å². The van der Waals surface area contributed by atoms with Crippen molar-refractivity contribution < 1.29 is 13.9 Å². The van der Waals surface area contributed by atoms with E-state index in [1.54, 1.807) is 0 Å². The molecule has 2 aromatic carbocycles. The van der Waals surface area contributed by atoms with Crippen LogP contribution >= 0.6 is 22.6 Å². The van der Waals surface area contributed by atoms with Gasteiger partial charge in [0.15, 0.2) is 0 Å². The zero-order valence-corrected chi connectivity index (χ0v) is 20.6. The lowest BCUT2D eigenvalue weighted by molar-refractivity contribution is -0.0709. The highest BCUT2D eigenvalue weighted by Crippen LogP contribution is 2.34. The van der Waals surface area contributed by atoms with Gasteiger partial charge in [0.05, 0.1) is 18.8 Å². The maximum Gasteiger partial charge on any atom is 0.137 e. The summed E-state index contributed by atoms with van der Waals surface area (Å²) in [6.07, 6.45) is 4.87. The van der Waals surface area contributed by atoms with Gasteiger partial charge in [-0.25, -0.2) is 23.4 Å². The number of hydrogen-bond acceptors (Lipinski definition) is 5. The Labute approximate surface area is 209 Å². The fraction of sp³-hybridized carbons (Fsp3) is 0.292. The largest absolute Gasteiger partial charge is 0.381 e. The van der Waals surface area contributed by atoms with Gasteiger partial charge < -0.3 is 9.67 Å². The second-order valence-corrected chi connectivity index (χ2v) is 9.78. The van der Waals surface area contributed by atoms with Crippen LogP contribution in [0.1, 0.15) is 18.3 Å². The zero-order chi connectivity index (χ0) is 23.9. The Morgan fingerprint density at radius 3 is 2.76 bits per heavy atom. The molecule has 1 aliphatic heterocycles. The molecule has 0 spiro atoms. The van der Waals surface area contributed by atoms with Crippen molar-refractivity contribution in [3.05, 3.63) is 87.9 Å². The third-order valence-corrected chi connectivity index (χ3v) is 7.13. The van der Waals surface area contributed by atoms with Gasteiger partial charge in [-0.05, 0) is 47.7 Å². The van der Waals surface area contributed by atoms with Crippen LogP contribution in [0, 0.1) is 15.2 Å². The summed E-state index contributed by atoms with van der Waals surface area (Å²) in [5.74, 6) is -0.622. The van der Waals surface area contributed by atoms with E-state index in [4.69, 9.17) is 4.98 Å². The highest BCUT2D eigenvalue weighted by molar-refractivity contribution is 14.1. The average Bonchev–Trinajstić information content (AvgIpc) is 3.47. The number of aromatic nitrogens is 5. The molecule has 176 valence electrons. The van der Waals surface area contributed by atoms with Gasteiger partial charge >= 0.3 is 0 Å². The summed E-state index contributed by atoms with van der Waals surface area (Å²) >= 11 is 2.28. The summed E-state index contributed by atoms with van der Waals surface area (Å²) in [6, 6.07) is 10.9. The molecule has 1 unspecified atom stereocenters. The number of halogens is 3. The van der Waals surface area contributed by atoms with Gasteiger partial charge in [0.25, 0.3) is 0 Å². The summed E-state index contributed by atoms with van der Waals surface area (Å²) in [6.45, 7) is 3.61. The number of hydrogen-bond donors (Lipinski definition) is 1. The topological polar surface area (TPSA) is 72.0 Å². The molecule has 0 saturated heterocycles. The van der Waals surface area contributed by atoms with E-state index in [0.717, 1.165) is 32.8 Å². The second-order valence-electron chi connectivity index (χ2n) is 8.53. The van der Waals surface area contributed by atoms with E-state index < -0.39 is 23.3 Å². The summed E-state index contributed by atoms with van der Waals surface area (Å²) in [4.78, 5) is 10.8. The number of nitrogens with zero attached hydrogens (tertiary/aromatic N) is 6. The first-order valence-corrected chi connectivity index (χ1v) is 12.0. The Balaban J connectivity index is 1.46. The molecule has 3 heterocycles. The van der Waals surface area contributed by atoms with Gasteiger partial charge in [0.1, 0.15) is 35.7 Å². The van der Waals surface area contributed by atoms with Crippen LogP contribution in [0.2, 0.25) is 0 Å². The van der Waals surface area contributed by atoms with E-state index in [9.17, 15) is 13.9 Å². The molecular weight excluding hydrogens is 553 g/mol. The zero-order valence-electron chi connectivity index (χ0n) is 18.4. The first-order chi connectivity index (χ1) is 16.3. The molecule has 7 nitrogen and oxygen atoms in total.